The van der Waals surface area contributed by atoms with Crippen molar-refractivity contribution >= 4 is 23.6 Å². The van der Waals surface area contributed by atoms with Gasteiger partial charge in [-0.1, -0.05) is 12.1 Å². The first kappa shape index (κ1) is 12.2. The third-order valence-electron chi connectivity index (χ3n) is 3.17. The van der Waals surface area contributed by atoms with E-state index in [0.717, 1.165) is 5.56 Å². The van der Waals surface area contributed by atoms with Crippen LogP contribution in [0.5, 0.6) is 0 Å². The van der Waals surface area contributed by atoms with E-state index in [1.165, 1.54) is 9.80 Å². The molecule has 0 saturated carbocycles. The number of imide groups is 1. The molecule has 1 atom stereocenters. The Kier molecular flexibility index (Phi) is 3.52. The minimum absolute atomic E-state index is 0.0769. The fourth-order valence-electron chi connectivity index (χ4n) is 2.06. The van der Waals surface area contributed by atoms with Crippen molar-refractivity contribution in [2.45, 2.75) is 23.7 Å². The van der Waals surface area contributed by atoms with Crippen molar-refractivity contribution < 1.29 is 9.59 Å². The van der Waals surface area contributed by atoms with Gasteiger partial charge >= 0.3 is 0 Å². The highest BCUT2D eigenvalue weighted by atomic mass is 32.2. The fraction of sp³-hybridized carbons (Fsp3) is 0.385. The summed E-state index contributed by atoms with van der Waals surface area (Å²) >= 11 is 1.68. The van der Waals surface area contributed by atoms with Crippen LogP contribution < -0.4 is 0 Å². The van der Waals surface area contributed by atoms with Gasteiger partial charge in [0.1, 0.15) is 0 Å². The number of amides is 2. The van der Waals surface area contributed by atoms with Gasteiger partial charge in [0.05, 0.1) is 5.92 Å². The molecule has 0 aromatic heterocycles. The van der Waals surface area contributed by atoms with Crippen LogP contribution in [-0.2, 0) is 9.59 Å². The van der Waals surface area contributed by atoms with Crippen molar-refractivity contribution in [1.82, 2.24) is 4.90 Å². The van der Waals surface area contributed by atoms with E-state index in [9.17, 15) is 9.59 Å². The van der Waals surface area contributed by atoms with Crippen LogP contribution in [0.3, 0.4) is 0 Å². The maximum absolute atomic E-state index is 12.0. The average molecular weight is 249 g/mol. The zero-order chi connectivity index (χ0) is 12.4. The lowest BCUT2D eigenvalue weighted by Crippen LogP contribution is -2.41. The van der Waals surface area contributed by atoms with E-state index in [-0.39, 0.29) is 17.7 Å². The van der Waals surface area contributed by atoms with Crippen molar-refractivity contribution in [3.05, 3.63) is 29.8 Å². The van der Waals surface area contributed by atoms with E-state index in [2.05, 4.69) is 0 Å². The van der Waals surface area contributed by atoms with Crippen molar-refractivity contribution in [3.8, 4) is 0 Å². The predicted octanol–water partition coefficient (Wildman–Crippen LogP) is 2.27. The Balaban J connectivity index is 2.21. The highest BCUT2D eigenvalue weighted by Crippen LogP contribution is 2.29. The van der Waals surface area contributed by atoms with Crippen molar-refractivity contribution in [2.24, 2.45) is 0 Å². The van der Waals surface area contributed by atoms with Gasteiger partial charge in [0.2, 0.25) is 11.8 Å². The molecule has 3 nitrogen and oxygen atoms in total. The lowest BCUT2D eigenvalue weighted by atomic mass is 9.90. The predicted molar refractivity (Wildman–Crippen MR) is 68.0 cm³/mol. The molecule has 1 aliphatic rings. The molecule has 0 aliphatic carbocycles. The molecule has 0 radical (unpaired) electrons. The van der Waals surface area contributed by atoms with E-state index in [0.29, 0.717) is 12.8 Å². The van der Waals surface area contributed by atoms with Crippen LogP contribution in [0.15, 0.2) is 29.2 Å². The smallest absolute Gasteiger partial charge is 0.236 e. The molecule has 1 aliphatic heterocycles. The third kappa shape index (κ3) is 2.36. The Morgan fingerprint density at radius 1 is 1.24 bits per heavy atom. The maximum atomic E-state index is 12.0. The van der Waals surface area contributed by atoms with Crippen LogP contribution >= 0.6 is 11.8 Å². The first-order valence-electron chi connectivity index (χ1n) is 5.58. The quantitative estimate of drug-likeness (QED) is 0.596. The number of nitrogens with zero attached hydrogens (tertiary/aromatic N) is 1. The van der Waals surface area contributed by atoms with Crippen molar-refractivity contribution in [1.29, 1.82) is 0 Å². The second-order valence-corrected chi connectivity index (χ2v) is 5.04. The Morgan fingerprint density at radius 2 is 1.88 bits per heavy atom. The summed E-state index contributed by atoms with van der Waals surface area (Å²) in [6, 6.07) is 8.00. The normalized spacial score (nSPS) is 20.8. The number of thioether (sulfide) groups is 1. The summed E-state index contributed by atoms with van der Waals surface area (Å²) in [4.78, 5) is 25.8. The molecule has 2 rings (SSSR count). The number of rotatable bonds is 2. The first-order chi connectivity index (χ1) is 8.13. The summed E-state index contributed by atoms with van der Waals surface area (Å²) in [7, 11) is 1.56. The lowest BCUT2D eigenvalue weighted by Gasteiger charge is -2.27. The monoisotopic (exact) mass is 249 g/mol. The van der Waals surface area contributed by atoms with Gasteiger partial charge < -0.3 is 0 Å². The second kappa shape index (κ2) is 4.92. The molecule has 4 heteroatoms. The van der Waals surface area contributed by atoms with E-state index >= 15 is 0 Å². The SMILES string of the molecule is CSc1ccc(C2CCC(=O)N(C)C2=O)cc1. The van der Waals surface area contributed by atoms with Crippen LogP contribution in [0.25, 0.3) is 0 Å². The largest absolute Gasteiger partial charge is 0.285 e. The number of likely N-dealkylation sites (tertiary alicyclic amines) is 1. The summed E-state index contributed by atoms with van der Waals surface area (Å²) in [5, 5.41) is 0. The number of carbonyl (C=O) groups excluding carboxylic acids is 2. The fourth-order valence-corrected chi connectivity index (χ4v) is 2.47. The van der Waals surface area contributed by atoms with Crippen molar-refractivity contribution in [3.63, 3.8) is 0 Å². The van der Waals surface area contributed by atoms with E-state index in [4.69, 9.17) is 0 Å². The van der Waals surface area contributed by atoms with E-state index in [1.807, 2.05) is 30.5 Å². The van der Waals surface area contributed by atoms with Crippen LogP contribution in [0.2, 0.25) is 0 Å². The Hall–Kier alpha value is -1.29. The summed E-state index contributed by atoms with van der Waals surface area (Å²) in [6.07, 6.45) is 3.10. The Bertz CT molecular complexity index is 441. The number of hydrogen-bond donors (Lipinski definition) is 0. The number of carbonyl (C=O) groups is 2. The van der Waals surface area contributed by atoms with Gasteiger partial charge in [-0.15, -0.1) is 11.8 Å². The van der Waals surface area contributed by atoms with Gasteiger partial charge in [-0.2, -0.15) is 0 Å². The summed E-state index contributed by atoms with van der Waals surface area (Å²) in [5.74, 6) is -0.321. The molecular formula is C13H15NO2S. The minimum atomic E-state index is -0.159. The summed E-state index contributed by atoms with van der Waals surface area (Å²) in [6.45, 7) is 0. The van der Waals surface area contributed by atoms with Crippen LogP contribution in [0, 0.1) is 0 Å². The van der Waals surface area contributed by atoms with Gasteiger partial charge in [-0.25, -0.2) is 0 Å². The number of likely N-dealkylation sites (N-methyl/N-ethyl adjacent to an activating group) is 1. The lowest BCUT2D eigenvalue weighted by molar-refractivity contribution is -0.147. The Labute approximate surface area is 105 Å². The topological polar surface area (TPSA) is 37.4 Å². The molecule has 1 aromatic rings. The minimum Gasteiger partial charge on any atom is -0.285 e. The zero-order valence-corrected chi connectivity index (χ0v) is 10.8. The van der Waals surface area contributed by atoms with Gasteiger partial charge in [0.25, 0.3) is 0 Å². The molecule has 90 valence electrons. The Morgan fingerprint density at radius 3 is 2.47 bits per heavy atom. The second-order valence-electron chi connectivity index (χ2n) is 4.16. The summed E-state index contributed by atoms with van der Waals surface area (Å²) < 4.78 is 0. The maximum Gasteiger partial charge on any atom is 0.236 e. The van der Waals surface area contributed by atoms with Crippen LogP contribution in [0.4, 0.5) is 0 Å². The highest BCUT2D eigenvalue weighted by Gasteiger charge is 2.32. The molecule has 1 heterocycles. The molecule has 17 heavy (non-hydrogen) atoms. The van der Waals surface area contributed by atoms with E-state index < -0.39 is 0 Å². The summed E-state index contributed by atoms with van der Waals surface area (Å²) in [5.41, 5.74) is 1.01. The molecule has 1 aromatic carbocycles. The number of piperidine rings is 1. The average Bonchev–Trinajstić information content (AvgIpc) is 2.36. The molecule has 0 spiro atoms. The van der Waals surface area contributed by atoms with Gasteiger partial charge in [0, 0.05) is 18.4 Å². The molecule has 0 bridgehead atoms. The van der Waals surface area contributed by atoms with Gasteiger partial charge in [-0.05, 0) is 30.4 Å². The zero-order valence-electron chi connectivity index (χ0n) is 9.97. The molecule has 0 N–H and O–H groups in total. The first-order valence-corrected chi connectivity index (χ1v) is 6.80. The van der Waals surface area contributed by atoms with Crippen LogP contribution in [0.1, 0.15) is 24.3 Å². The van der Waals surface area contributed by atoms with E-state index in [1.54, 1.807) is 18.8 Å². The van der Waals surface area contributed by atoms with Crippen molar-refractivity contribution in [2.75, 3.05) is 13.3 Å². The number of benzene rings is 1. The molecule has 1 unspecified atom stereocenters. The molecule has 2 amide bonds. The number of hydrogen-bond acceptors (Lipinski definition) is 3. The standard InChI is InChI=1S/C13H15NO2S/c1-14-12(15)8-7-11(13(14)16)9-3-5-10(17-2)6-4-9/h3-6,11H,7-8H2,1-2H3. The molecule has 1 saturated heterocycles. The highest BCUT2D eigenvalue weighted by molar-refractivity contribution is 7.98. The molecular weight excluding hydrogens is 234 g/mol. The van der Waals surface area contributed by atoms with Gasteiger partial charge in [0.15, 0.2) is 0 Å². The van der Waals surface area contributed by atoms with Crippen LogP contribution in [-0.4, -0.2) is 30.0 Å². The van der Waals surface area contributed by atoms with Gasteiger partial charge in [-0.3, -0.25) is 14.5 Å². The third-order valence-corrected chi connectivity index (χ3v) is 3.91. The molecule has 1 fully saturated rings.